The molecule has 4 N–H and O–H groups in total. The van der Waals surface area contributed by atoms with E-state index in [1.807, 2.05) is 0 Å². The van der Waals surface area contributed by atoms with Gasteiger partial charge >= 0.3 is 0 Å². The molecular weight excluding hydrogens is 156 g/mol. The van der Waals surface area contributed by atoms with E-state index >= 15 is 0 Å². The van der Waals surface area contributed by atoms with Crippen molar-refractivity contribution in [1.82, 2.24) is 0 Å². The van der Waals surface area contributed by atoms with Crippen LogP contribution in [-0.2, 0) is 9.59 Å². The number of amides is 1. The van der Waals surface area contributed by atoms with Crippen molar-refractivity contribution in [1.29, 1.82) is 0 Å². The molecule has 1 amide bonds. The highest BCUT2D eigenvalue weighted by Gasteiger charge is 2.75. The highest BCUT2D eigenvalue weighted by Crippen LogP contribution is 2.65. The van der Waals surface area contributed by atoms with Crippen molar-refractivity contribution in [3.63, 3.8) is 0 Å². The average molecular weight is 168 g/mol. The first-order chi connectivity index (χ1) is 5.57. The molecule has 2 saturated carbocycles. The molecule has 0 aliphatic heterocycles. The quantitative estimate of drug-likeness (QED) is 0.539. The second kappa shape index (κ2) is 1.88. The highest BCUT2D eigenvalue weighted by atomic mass is 16.2. The molecule has 0 radical (unpaired) electrons. The number of hydrogen-bond acceptors (Lipinski definition) is 3. The van der Waals surface area contributed by atoms with Crippen LogP contribution in [0.3, 0.4) is 0 Å². The Morgan fingerprint density at radius 2 is 2.08 bits per heavy atom. The Morgan fingerprint density at radius 1 is 1.50 bits per heavy atom. The molecule has 0 heterocycles. The first-order valence-electron chi connectivity index (χ1n) is 4.12. The van der Waals surface area contributed by atoms with Gasteiger partial charge in [-0.3, -0.25) is 4.79 Å². The molecule has 66 valence electrons. The molecule has 2 atom stereocenters. The van der Waals surface area contributed by atoms with E-state index in [-0.39, 0.29) is 5.92 Å². The summed E-state index contributed by atoms with van der Waals surface area (Å²) in [5.41, 5.74) is 9.31. The van der Waals surface area contributed by atoms with Crippen molar-refractivity contribution in [3.05, 3.63) is 0 Å². The Bertz CT molecular complexity index is 262. The van der Waals surface area contributed by atoms with Crippen molar-refractivity contribution < 1.29 is 9.59 Å². The van der Waals surface area contributed by atoms with Crippen LogP contribution in [0.15, 0.2) is 0 Å². The van der Waals surface area contributed by atoms with Gasteiger partial charge in [0, 0.05) is 0 Å². The molecule has 0 saturated heterocycles. The normalized spacial score (nSPS) is 45.4. The monoisotopic (exact) mass is 168 g/mol. The van der Waals surface area contributed by atoms with E-state index < -0.39 is 16.9 Å². The van der Waals surface area contributed by atoms with Gasteiger partial charge in [-0.05, 0) is 25.2 Å². The van der Waals surface area contributed by atoms with Gasteiger partial charge in [-0.2, -0.15) is 0 Å². The summed E-state index contributed by atoms with van der Waals surface area (Å²) in [6.45, 7) is 0. The van der Waals surface area contributed by atoms with Gasteiger partial charge in [0.15, 0.2) is 0 Å². The third kappa shape index (κ3) is 0.659. The molecule has 12 heavy (non-hydrogen) atoms. The molecule has 2 fully saturated rings. The molecule has 0 spiro atoms. The molecular formula is C8H12N2O2. The fourth-order valence-electron chi connectivity index (χ4n) is 2.18. The van der Waals surface area contributed by atoms with Gasteiger partial charge < -0.3 is 16.3 Å². The molecule has 4 nitrogen and oxygen atoms in total. The molecule has 2 rings (SSSR count). The number of carbonyl (C=O) groups is 2. The van der Waals surface area contributed by atoms with Gasteiger partial charge in [0.2, 0.25) is 5.91 Å². The van der Waals surface area contributed by atoms with Gasteiger partial charge in [-0.1, -0.05) is 0 Å². The second-order valence-electron chi connectivity index (χ2n) is 3.94. The van der Waals surface area contributed by atoms with Crippen LogP contribution in [0.2, 0.25) is 0 Å². The standard InChI is InChI=1S/C8H12N2O2/c9-6(12)8(5-1-2-5)3-7(8,10)4-11/h4-5H,1-3,10H2,(H2,9,12)/t7-,8+/m0/s1. The van der Waals surface area contributed by atoms with Gasteiger partial charge in [-0.15, -0.1) is 0 Å². The zero-order valence-corrected chi connectivity index (χ0v) is 6.75. The number of hydrogen-bond donors (Lipinski definition) is 2. The van der Waals surface area contributed by atoms with Crippen molar-refractivity contribution in [2.45, 2.75) is 24.8 Å². The van der Waals surface area contributed by atoms with E-state index in [0.29, 0.717) is 12.7 Å². The lowest BCUT2D eigenvalue weighted by atomic mass is 9.94. The Labute approximate surface area is 70.3 Å². The Balaban J connectivity index is 2.28. The summed E-state index contributed by atoms with van der Waals surface area (Å²) in [6, 6.07) is 0. The fraction of sp³-hybridized carbons (Fsp3) is 0.750. The summed E-state index contributed by atoms with van der Waals surface area (Å²) >= 11 is 0. The molecule has 0 aromatic heterocycles. The van der Waals surface area contributed by atoms with Crippen LogP contribution in [0.25, 0.3) is 0 Å². The molecule has 2 aliphatic carbocycles. The molecule has 0 aromatic carbocycles. The highest BCUT2D eigenvalue weighted by molar-refractivity contribution is 5.95. The summed E-state index contributed by atoms with van der Waals surface area (Å²) in [5, 5.41) is 0. The summed E-state index contributed by atoms with van der Waals surface area (Å²) in [7, 11) is 0. The topological polar surface area (TPSA) is 86.2 Å². The first-order valence-corrected chi connectivity index (χ1v) is 4.12. The minimum atomic E-state index is -0.944. The van der Waals surface area contributed by atoms with E-state index in [4.69, 9.17) is 11.5 Å². The van der Waals surface area contributed by atoms with Gasteiger partial charge in [-0.25, -0.2) is 0 Å². The van der Waals surface area contributed by atoms with Crippen molar-refractivity contribution in [3.8, 4) is 0 Å². The summed E-state index contributed by atoms with van der Waals surface area (Å²) in [4.78, 5) is 21.7. The van der Waals surface area contributed by atoms with Crippen molar-refractivity contribution >= 4 is 12.2 Å². The maximum Gasteiger partial charge on any atom is 0.226 e. The Morgan fingerprint density at radius 3 is 2.33 bits per heavy atom. The number of aldehydes is 1. The number of primary amides is 1. The third-order valence-corrected chi connectivity index (χ3v) is 3.20. The predicted molar refractivity (Wildman–Crippen MR) is 42.0 cm³/mol. The van der Waals surface area contributed by atoms with Gasteiger partial charge in [0.05, 0.1) is 11.0 Å². The summed E-state index contributed by atoms with van der Waals surface area (Å²) < 4.78 is 0. The third-order valence-electron chi connectivity index (χ3n) is 3.20. The van der Waals surface area contributed by atoms with Gasteiger partial charge in [0.25, 0.3) is 0 Å². The zero-order valence-electron chi connectivity index (χ0n) is 6.75. The lowest BCUT2D eigenvalue weighted by molar-refractivity contribution is -0.126. The van der Waals surface area contributed by atoms with E-state index in [1.54, 1.807) is 0 Å². The Kier molecular flexibility index (Phi) is 1.21. The largest absolute Gasteiger partial charge is 0.369 e. The average Bonchev–Trinajstić information content (AvgIpc) is 2.81. The SMILES string of the molecule is NC(=O)[C@]1(C2CC2)C[C@]1(N)C=O. The lowest BCUT2D eigenvalue weighted by Crippen LogP contribution is -2.41. The summed E-state index contributed by atoms with van der Waals surface area (Å²) in [6.07, 6.45) is 3.09. The predicted octanol–water partition coefficient (Wildman–Crippen LogP) is -0.832. The molecule has 0 aromatic rings. The maximum absolute atomic E-state index is 11.1. The minimum Gasteiger partial charge on any atom is -0.369 e. The van der Waals surface area contributed by atoms with Crippen LogP contribution >= 0.6 is 0 Å². The van der Waals surface area contributed by atoms with Crippen LogP contribution in [0, 0.1) is 11.3 Å². The van der Waals surface area contributed by atoms with Crippen molar-refractivity contribution in [2.75, 3.05) is 0 Å². The number of carbonyl (C=O) groups excluding carboxylic acids is 2. The van der Waals surface area contributed by atoms with E-state index in [9.17, 15) is 9.59 Å². The van der Waals surface area contributed by atoms with E-state index in [1.165, 1.54) is 0 Å². The van der Waals surface area contributed by atoms with Crippen LogP contribution < -0.4 is 11.5 Å². The second-order valence-corrected chi connectivity index (χ2v) is 3.94. The smallest absolute Gasteiger partial charge is 0.226 e. The summed E-state index contributed by atoms with van der Waals surface area (Å²) in [5.74, 6) is -0.134. The van der Waals surface area contributed by atoms with E-state index in [2.05, 4.69) is 0 Å². The van der Waals surface area contributed by atoms with E-state index in [0.717, 1.165) is 12.8 Å². The van der Waals surface area contributed by atoms with Gasteiger partial charge in [0.1, 0.15) is 6.29 Å². The number of rotatable bonds is 3. The minimum absolute atomic E-state index is 0.269. The number of nitrogens with two attached hydrogens (primary N) is 2. The lowest BCUT2D eigenvalue weighted by Gasteiger charge is -2.13. The van der Waals surface area contributed by atoms with Crippen LogP contribution in [0.5, 0.6) is 0 Å². The zero-order chi connectivity index (χ0) is 8.98. The van der Waals surface area contributed by atoms with Crippen LogP contribution in [0.4, 0.5) is 0 Å². The molecule has 4 heteroatoms. The fourth-order valence-corrected chi connectivity index (χ4v) is 2.18. The Hall–Kier alpha value is -0.900. The maximum atomic E-state index is 11.1. The molecule has 0 bridgehead atoms. The molecule has 2 aliphatic rings. The van der Waals surface area contributed by atoms with Crippen molar-refractivity contribution in [2.24, 2.45) is 22.8 Å². The van der Waals surface area contributed by atoms with Crippen LogP contribution in [0.1, 0.15) is 19.3 Å². The first kappa shape index (κ1) is 7.73. The van der Waals surface area contributed by atoms with Crippen LogP contribution in [-0.4, -0.2) is 17.7 Å². The molecule has 0 unspecified atom stereocenters.